The summed E-state index contributed by atoms with van der Waals surface area (Å²) in [6.45, 7) is 6.08. The standard InChI is InChI=1S/C22H27N5O2/c1-2-12-26-18-7-3-4-8-19(18)27(22(26)29)13-10-21(28)25-16-14-24(15-17-25)20-9-5-6-11-23-20/h3-9,11H,2,10,12-17H2,1H3. The van der Waals surface area contributed by atoms with Crippen molar-refractivity contribution in [1.82, 2.24) is 19.0 Å². The van der Waals surface area contributed by atoms with E-state index in [9.17, 15) is 9.59 Å². The van der Waals surface area contributed by atoms with E-state index in [4.69, 9.17) is 0 Å². The van der Waals surface area contributed by atoms with Crippen LogP contribution in [0.3, 0.4) is 0 Å². The van der Waals surface area contributed by atoms with Crippen molar-refractivity contribution in [3.8, 4) is 0 Å². The van der Waals surface area contributed by atoms with E-state index in [1.807, 2.05) is 51.9 Å². The van der Waals surface area contributed by atoms with Crippen molar-refractivity contribution in [3.63, 3.8) is 0 Å². The third-order valence-corrected chi connectivity index (χ3v) is 5.53. The number of para-hydroxylation sites is 2. The van der Waals surface area contributed by atoms with Crippen molar-refractivity contribution in [3.05, 3.63) is 59.1 Å². The lowest BCUT2D eigenvalue weighted by molar-refractivity contribution is -0.131. The third-order valence-electron chi connectivity index (χ3n) is 5.53. The predicted octanol–water partition coefficient (Wildman–Crippen LogP) is 2.35. The number of nitrogens with zero attached hydrogens (tertiary/aromatic N) is 5. The molecule has 3 aromatic rings. The number of rotatable bonds is 6. The fraction of sp³-hybridized carbons (Fsp3) is 0.409. The maximum absolute atomic E-state index is 12.9. The molecule has 1 saturated heterocycles. The van der Waals surface area contributed by atoms with Crippen molar-refractivity contribution in [2.45, 2.75) is 32.9 Å². The first-order chi connectivity index (χ1) is 14.2. The number of pyridine rings is 1. The van der Waals surface area contributed by atoms with Crippen LogP contribution in [0.15, 0.2) is 53.5 Å². The number of hydrogen-bond donors (Lipinski definition) is 0. The second-order valence-electron chi connectivity index (χ2n) is 7.38. The van der Waals surface area contributed by atoms with Gasteiger partial charge in [0.1, 0.15) is 5.82 Å². The Hall–Kier alpha value is -3.09. The van der Waals surface area contributed by atoms with Gasteiger partial charge in [-0.15, -0.1) is 0 Å². The van der Waals surface area contributed by atoms with Crippen LogP contribution < -0.4 is 10.6 Å². The number of aromatic nitrogens is 3. The number of carbonyl (C=O) groups excluding carboxylic acids is 1. The Kier molecular flexibility index (Phi) is 5.64. The topological polar surface area (TPSA) is 63.4 Å². The minimum Gasteiger partial charge on any atom is -0.353 e. The van der Waals surface area contributed by atoms with Crippen LogP contribution in [-0.4, -0.2) is 51.1 Å². The SMILES string of the molecule is CCCn1c(=O)n(CCC(=O)N2CCN(c3ccccn3)CC2)c2ccccc21. The molecule has 0 radical (unpaired) electrons. The van der Waals surface area contributed by atoms with Crippen LogP contribution in [0, 0.1) is 0 Å². The van der Waals surface area contributed by atoms with Crippen LogP contribution >= 0.6 is 0 Å². The van der Waals surface area contributed by atoms with Crippen molar-refractivity contribution in [2.24, 2.45) is 0 Å². The fourth-order valence-electron chi connectivity index (χ4n) is 4.02. The molecule has 1 aromatic carbocycles. The van der Waals surface area contributed by atoms with E-state index < -0.39 is 0 Å². The molecule has 0 N–H and O–H groups in total. The number of imidazole rings is 1. The number of hydrogen-bond acceptors (Lipinski definition) is 4. The summed E-state index contributed by atoms with van der Waals surface area (Å²) in [7, 11) is 0. The van der Waals surface area contributed by atoms with Gasteiger partial charge in [0.2, 0.25) is 5.91 Å². The average molecular weight is 393 g/mol. The van der Waals surface area contributed by atoms with Gasteiger partial charge >= 0.3 is 5.69 Å². The molecule has 29 heavy (non-hydrogen) atoms. The van der Waals surface area contributed by atoms with Gasteiger partial charge in [-0.05, 0) is 30.7 Å². The first-order valence-electron chi connectivity index (χ1n) is 10.3. The van der Waals surface area contributed by atoms with Gasteiger partial charge in [-0.3, -0.25) is 13.9 Å². The zero-order chi connectivity index (χ0) is 20.2. The molecular weight excluding hydrogens is 366 g/mol. The smallest absolute Gasteiger partial charge is 0.329 e. The lowest BCUT2D eigenvalue weighted by Gasteiger charge is -2.35. The highest BCUT2D eigenvalue weighted by Gasteiger charge is 2.22. The Labute approximate surface area is 170 Å². The van der Waals surface area contributed by atoms with Crippen molar-refractivity contribution in [1.29, 1.82) is 0 Å². The summed E-state index contributed by atoms with van der Waals surface area (Å²) in [6.07, 6.45) is 3.02. The third kappa shape index (κ3) is 3.90. The maximum Gasteiger partial charge on any atom is 0.329 e. The molecule has 3 heterocycles. The van der Waals surface area contributed by atoms with Crippen LogP contribution in [0.25, 0.3) is 11.0 Å². The lowest BCUT2D eigenvalue weighted by Crippen LogP contribution is -2.49. The number of benzene rings is 1. The molecule has 152 valence electrons. The van der Waals surface area contributed by atoms with Gasteiger partial charge in [0, 0.05) is 51.9 Å². The van der Waals surface area contributed by atoms with Gasteiger partial charge in [0.15, 0.2) is 0 Å². The number of anilines is 1. The predicted molar refractivity (Wildman–Crippen MR) is 114 cm³/mol. The molecule has 0 unspecified atom stereocenters. The largest absolute Gasteiger partial charge is 0.353 e. The Balaban J connectivity index is 1.41. The summed E-state index contributed by atoms with van der Waals surface area (Å²) < 4.78 is 3.55. The minimum atomic E-state index is -0.0270. The van der Waals surface area contributed by atoms with E-state index >= 15 is 0 Å². The quantitative estimate of drug-likeness (QED) is 0.645. The number of aryl methyl sites for hydroxylation is 2. The summed E-state index contributed by atoms with van der Waals surface area (Å²) in [6, 6.07) is 13.7. The minimum absolute atomic E-state index is 0.0270. The fourth-order valence-corrected chi connectivity index (χ4v) is 4.02. The number of amides is 1. The summed E-state index contributed by atoms with van der Waals surface area (Å²) in [5.74, 6) is 1.06. The van der Waals surface area contributed by atoms with E-state index in [1.165, 1.54) is 0 Å². The number of carbonyl (C=O) groups is 1. The van der Waals surface area contributed by atoms with Crippen molar-refractivity contribution >= 4 is 22.8 Å². The first kappa shape index (κ1) is 19.2. The highest BCUT2D eigenvalue weighted by atomic mass is 16.2. The molecule has 7 heteroatoms. The van der Waals surface area contributed by atoms with E-state index in [1.54, 1.807) is 10.8 Å². The van der Waals surface area contributed by atoms with Crippen LogP contribution in [0.5, 0.6) is 0 Å². The van der Waals surface area contributed by atoms with E-state index in [2.05, 4.69) is 16.8 Å². The molecule has 0 aliphatic carbocycles. The van der Waals surface area contributed by atoms with Gasteiger partial charge < -0.3 is 9.80 Å². The van der Waals surface area contributed by atoms with E-state index in [0.717, 1.165) is 36.4 Å². The summed E-state index contributed by atoms with van der Waals surface area (Å²) in [5, 5.41) is 0. The average Bonchev–Trinajstić information content (AvgIpc) is 3.04. The molecule has 2 aromatic heterocycles. The molecule has 1 amide bonds. The molecule has 1 aliphatic rings. The molecule has 1 aliphatic heterocycles. The maximum atomic E-state index is 12.9. The number of piperazine rings is 1. The summed E-state index contributed by atoms with van der Waals surface area (Å²) in [4.78, 5) is 34.1. The normalized spacial score (nSPS) is 14.5. The highest BCUT2D eigenvalue weighted by molar-refractivity contribution is 5.78. The second-order valence-corrected chi connectivity index (χ2v) is 7.38. The molecule has 7 nitrogen and oxygen atoms in total. The Morgan fingerprint density at radius 2 is 1.59 bits per heavy atom. The molecule has 0 spiro atoms. The van der Waals surface area contributed by atoms with Crippen LogP contribution in [0.2, 0.25) is 0 Å². The number of fused-ring (bicyclic) bond motifs is 1. The monoisotopic (exact) mass is 393 g/mol. The molecule has 0 saturated carbocycles. The van der Waals surface area contributed by atoms with Gasteiger partial charge in [-0.25, -0.2) is 9.78 Å². The van der Waals surface area contributed by atoms with Crippen LogP contribution in [0.1, 0.15) is 19.8 Å². The van der Waals surface area contributed by atoms with Crippen LogP contribution in [0.4, 0.5) is 5.82 Å². The van der Waals surface area contributed by atoms with Crippen molar-refractivity contribution < 1.29 is 4.79 Å². The van der Waals surface area contributed by atoms with E-state index in [-0.39, 0.29) is 11.6 Å². The molecule has 4 rings (SSSR count). The van der Waals surface area contributed by atoms with Gasteiger partial charge in [0.05, 0.1) is 11.0 Å². The van der Waals surface area contributed by atoms with E-state index in [0.29, 0.717) is 32.6 Å². The van der Waals surface area contributed by atoms with Crippen LogP contribution in [-0.2, 0) is 17.9 Å². The van der Waals surface area contributed by atoms with Gasteiger partial charge in [0.25, 0.3) is 0 Å². The second kappa shape index (κ2) is 8.51. The molecule has 0 bridgehead atoms. The zero-order valence-electron chi connectivity index (χ0n) is 16.8. The van der Waals surface area contributed by atoms with Crippen molar-refractivity contribution in [2.75, 3.05) is 31.1 Å². The van der Waals surface area contributed by atoms with Gasteiger partial charge in [-0.2, -0.15) is 0 Å². The molecule has 1 fully saturated rings. The lowest BCUT2D eigenvalue weighted by atomic mass is 10.2. The Morgan fingerprint density at radius 1 is 0.931 bits per heavy atom. The molecular formula is C22H27N5O2. The Morgan fingerprint density at radius 3 is 2.21 bits per heavy atom. The summed E-state index contributed by atoms with van der Waals surface area (Å²) in [5.41, 5.74) is 1.82. The summed E-state index contributed by atoms with van der Waals surface area (Å²) >= 11 is 0. The molecule has 0 atom stereocenters. The Bertz CT molecular complexity index is 1030. The van der Waals surface area contributed by atoms with Gasteiger partial charge in [-0.1, -0.05) is 25.1 Å². The highest BCUT2D eigenvalue weighted by Crippen LogP contribution is 2.15. The first-order valence-corrected chi connectivity index (χ1v) is 10.3. The zero-order valence-corrected chi connectivity index (χ0v) is 16.8.